The number of rotatable bonds is 6. The van der Waals surface area contributed by atoms with E-state index in [-0.39, 0.29) is 28.1 Å². The van der Waals surface area contributed by atoms with E-state index in [1.165, 1.54) is 42.5 Å². The van der Waals surface area contributed by atoms with Crippen molar-refractivity contribution >= 4 is 43.8 Å². The fraction of sp³-hybridized carbons (Fsp3) is 0. The lowest BCUT2D eigenvalue weighted by Gasteiger charge is -2.05. The van der Waals surface area contributed by atoms with Gasteiger partial charge in [0, 0.05) is 11.3 Å². The minimum absolute atomic E-state index is 0.0109. The second-order valence-electron chi connectivity index (χ2n) is 5.81. The van der Waals surface area contributed by atoms with Crippen LogP contribution in [0.2, 0.25) is 0 Å². The van der Waals surface area contributed by atoms with E-state index in [0.717, 1.165) is 10.7 Å². The number of nitrogens with one attached hydrogen (secondary N) is 1. The van der Waals surface area contributed by atoms with Crippen LogP contribution in [0, 0.1) is 0 Å². The first-order chi connectivity index (χ1) is 13.9. The Balaban J connectivity index is 1.82. The summed E-state index contributed by atoms with van der Waals surface area (Å²) in [4.78, 5) is 16.5. The SMILES string of the molecule is Nc1nc(Nc2ccc(S(N)(=O)=O)cc2)nn1C(=O)c1cccc(OS(N)(=O)=O)c1. The molecular formula is C15H15N7O6S2. The van der Waals surface area contributed by atoms with Gasteiger partial charge >= 0.3 is 10.3 Å². The number of benzene rings is 2. The van der Waals surface area contributed by atoms with Crippen LogP contribution in [0.25, 0.3) is 0 Å². The van der Waals surface area contributed by atoms with Gasteiger partial charge in [0.1, 0.15) is 5.75 Å². The molecule has 1 heterocycles. The second kappa shape index (κ2) is 7.71. The van der Waals surface area contributed by atoms with Gasteiger partial charge in [-0.25, -0.2) is 13.6 Å². The molecule has 30 heavy (non-hydrogen) atoms. The fourth-order valence-electron chi connectivity index (χ4n) is 2.32. The number of hydrogen-bond donors (Lipinski definition) is 4. The first-order valence-corrected chi connectivity index (χ1v) is 10.9. The quantitative estimate of drug-likeness (QED) is 0.376. The highest BCUT2D eigenvalue weighted by Gasteiger charge is 2.18. The number of nitrogens with zero attached hydrogens (tertiary/aromatic N) is 3. The highest BCUT2D eigenvalue weighted by atomic mass is 32.2. The number of aromatic nitrogens is 3. The van der Waals surface area contributed by atoms with E-state index in [4.69, 9.17) is 16.0 Å². The molecule has 0 aliphatic carbocycles. The van der Waals surface area contributed by atoms with Gasteiger partial charge in [0.2, 0.25) is 21.9 Å². The highest BCUT2D eigenvalue weighted by molar-refractivity contribution is 7.89. The predicted molar refractivity (Wildman–Crippen MR) is 105 cm³/mol. The third-order valence-electron chi connectivity index (χ3n) is 3.56. The Morgan fingerprint density at radius 2 is 1.70 bits per heavy atom. The molecule has 3 aromatic rings. The first-order valence-electron chi connectivity index (χ1n) is 7.92. The maximum Gasteiger partial charge on any atom is 0.380 e. The highest BCUT2D eigenvalue weighted by Crippen LogP contribution is 2.19. The van der Waals surface area contributed by atoms with E-state index in [1.54, 1.807) is 0 Å². The van der Waals surface area contributed by atoms with Crippen LogP contribution in [0.3, 0.4) is 0 Å². The van der Waals surface area contributed by atoms with Crippen molar-refractivity contribution in [2.75, 3.05) is 11.1 Å². The Hall–Kier alpha value is -3.53. The first kappa shape index (κ1) is 21.2. The van der Waals surface area contributed by atoms with Crippen molar-refractivity contribution in [3.05, 3.63) is 54.1 Å². The summed E-state index contributed by atoms with van der Waals surface area (Å²) in [5.74, 6) is -1.17. The molecule has 0 unspecified atom stereocenters. The zero-order valence-electron chi connectivity index (χ0n) is 15.0. The number of nitrogens with two attached hydrogens (primary N) is 3. The van der Waals surface area contributed by atoms with Gasteiger partial charge in [0.05, 0.1) is 4.90 Å². The van der Waals surface area contributed by atoms with E-state index < -0.39 is 26.2 Å². The second-order valence-corrected chi connectivity index (χ2v) is 8.52. The summed E-state index contributed by atoms with van der Waals surface area (Å²) in [7, 11) is -8.10. The van der Waals surface area contributed by atoms with Crippen LogP contribution in [0.1, 0.15) is 10.4 Å². The molecule has 0 aliphatic rings. The largest absolute Gasteiger partial charge is 0.380 e. The summed E-state index contributed by atoms with van der Waals surface area (Å²) < 4.78 is 50.0. The Morgan fingerprint density at radius 3 is 2.30 bits per heavy atom. The van der Waals surface area contributed by atoms with Crippen LogP contribution in [-0.2, 0) is 20.3 Å². The summed E-state index contributed by atoms with van der Waals surface area (Å²) >= 11 is 0. The monoisotopic (exact) mass is 453 g/mol. The van der Waals surface area contributed by atoms with Crippen molar-refractivity contribution in [3.63, 3.8) is 0 Å². The van der Waals surface area contributed by atoms with Gasteiger partial charge in [-0.05, 0) is 42.5 Å². The number of nitrogen functional groups attached to an aromatic ring is 1. The maximum atomic E-state index is 12.6. The molecule has 0 atom stereocenters. The van der Waals surface area contributed by atoms with Gasteiger partial charge in [-0.3, -0.25) is 4.79 Å². The number of primary sulfonamides is 1. The van der Waals surface area contributed by atoms with Gasteiger partial charge < -0.3 is 15.2 Å². The van der Waals surface area contributed by atoms with Crippen molar-refractivity contribution in [3.8, 4) is 5.75 Å². The third-order valence-corrected chi connectivity index (χ3v) is 4.91. The van der Waals surface area contributed by atoms with Gasteiger partial charge in [0.25, 0.3) is 5.91 Å². The number of anilines is 3. The number of sulfonamides is 1. The minimum atomic E-state index is -4.26. The lowest BCUT2D eigenvalue weighted by Crippen LogP contribution is -2.20. The fourth-order valence-corrected chi connectivity index (χ4v) is 3.21. The topological polar surface area (TPSA) is 215 Å². The van der Waals surface area contributed by atoms with E-state index in [2.05, 4.69) is 19.6 Å². The molecule has 15 heteroatoms. The molecule has 0 fully saturated rings. The van der Waals surface area contributed by atoms with Crippen LogP contribution < -0.4 is 25.5 Å². The average Bonchev–Trinajstić information content (AvgIpc) is 2.99. The maximum absolute atomic E-state index is 12.6. The Kier molecular flexibility index (Phi) is 5.45. The molecule has 0 bridgehead atoms. The number of carbonyl (C=O) groups excluding carboxylic acids is 1. The molecule has 1 aromatic heterocycles. The van der Waals surface area contributed by atoms with Crippen LogP contribution >= 0.6 is 0 Å². The molecule has 3 rings (SSSR count). The lowest BCUT2D eigenvalue weighted by atomic mass is 10.2. The van der Waals surface area contributed by atoms with E-state index in [9.17, 15) is 21.6 Å². The van der Waals surface area contributed by atoms with E-state index in [1.807, 2.05) is 0 Å². The summed E-state index contributed by atoms with van der Waals surface area (Å²) in [6, 6.07) is 10.6. The Morgan fingerprint density at radius 1 is 1.03 bits per heavy atom. The normalized spacial score (nSPS) is 11.8. The van der Waals surface area contributed by atoms with Gasteiger partial charge in [-0.1, -0.05) is 6.07 Å². The van der Waals surface area contributed by atoms with Crippen molar-refractivity contribution in [2.24, 2.45) is 10.3 Å². The number of hydrogen-bond acceptors (Lipinski definition) is 10. The Labute approximate surface area is 170 Å². The number of carbonyl (C=O) groups is 1. The van der Waals surface area contributed by atoms with Gasteiger partial charge in [-0.2, -0.15) is 23.2 Å². The standard InChI is InChI=1S/C15H15N7O6S2/c16-14-20-15(19-10-4-6-12(7-5-10)29(17,24)25)21-22(14)13(23)9-2-1-3-11(8-9)28-30(18,26)27/h1-8H,(H2,17,24,25)(H2,18,26,27)(H3,16,19,20,21). The third kappa shape index (κ3) is 5.09. The van der Waals surface area contributed by atoms with Crippen LogP contribution in [0.5, 0.6) is 5.75 Å². The summed E-state index contributed by atoms with van der Waals surface area (Å²) in [5.41, 5.74) is 6.16. The van der Waals surface area contributed by atoms with E-state index >= 15 is 0 Å². The molecule has 0 saturated carbocycles. The molecule has 0 amide bonds. The molecule has 7 N–H and O–H groups in total. The minimum Gasteiger partial charge on any atom is -0.371 e. The average molecular weight is 453 g/mol. The summed E-state index contributed by atoms with van der Waals surface area (Å²) in [5, 5.41) is 16.6. The molecule has 0 spiro atoms. The van der Waals surface area contributed by atoms with Gasteiger partial charge in [-0.15, -0.1) is 5.10 Å². The Bertz CT molecular complexity index is 1320. The summed E-state index contributed by atoms with van der Waals surface area (Å²) in [6.45, 7) is 0. The van der Waals surface area contributed by atoms with Crippen molar-refractivity contribution in [2.45, 2.75) is 4.90 Å². The molecular weight excluding hydrogens is 438 g/mol. The molecule has 158 valence electrons. The zero-order chi connectivity index (χ0) is 22.1. The van der Waals surface area contributed by atoms with Crippen molar-refractivity contribution < 1.29 is 25.8 Å². The van der Waals surface area contributed by atoms with E-state index in [0.29, 0.717) is 5.69 Å². The molecule has 0 aliphatic heterocycles. The molecule has 0 saturated heterocycles. The van der Waals surface area contributed by atoms with Crippen molar-refractivity contribution in [1.82, 2.24) is 14.8 Å². The van der Waals surface area contributed by atoms with Gasteiger partial charge in [0.15, 0.2) is 0 Å². The van der Waals surface area contributed by atoms with Crippen molar-refractivity contribution in [1.29, 1.82) is 0 Å². The molecule has 0 radical (unpaired) electrons. The molecule has 13 nitrogen and oxygen atoms in total. The summed E-state index contributed by atoms with van der Waals surface area (Å²) in [6.07, 6.45) is 0. The lowest BCUT2D eigenvalue weighted by molar-refractivity contribution is 0.0947. The van der Waals surface area contributed by atoms with Crippen LogP contribution in [0.15, 0.2) is 53.4 Å². The van der Waals surface area contributed by atoms with Crippen LogP contribution in [0.4, 0.5) is 17.6 Å². The van der Waals surface area contributed by atoms with Crippen LogP contribution in [-0.4, -0.2) is 37.5 Å². The smallest absolute Gasteiger partial charge is 0.371 e. The predicted octanol–water partition coefficient (Wildman–Crippen LogP) is -0.478. The zero-order valence-corrected chi connectivity index (χ0v) is 16.6. The molecule has 2 aromatic carbocycles.